The normalized spacial score (nSPS) is 35.9. The van der Waals surface area contributed by atoms with Crippen LogP contribution in [0.2, 0.25) is 0 Å². The van der Waals surface area contributed by atoms with Crippen molar-refractivity contribution in [1.29, 1.82) is 0 Å². The van der Waals surface area contributed by atoms with Crippen LogP contribution in [-0.4, -0.2) is 120 Å². The van der Waals surface area contributed by atoms with Gasteiger partial charge in [0.05, 0.1) is 13.2 Å². The molecule has 12 nitrogen and oxygen atoms in total. The summed E-state index contributed by atoms with van der Waals surface area (Å²) in [7, 11) is 0. The number of carboxylic acids is 1. The molecule has 1 rings (SSSR count). The van der Waals surface area contributed by atoms with Crippen LogP contribution in [0, 0.1) is 0 Å². The number of hydrogen-bond acceptors (Lipinski definition) is 11. The van der Waals surface area contributed by atoms with Crippen LogP contribution in [0.25, 0.3) is 0 Å². The Bertz CT molecular complexity index is 403. The molecule has 12 heteroatoms. The van der Waals surface area contributed by atoms with Crippen molar-refractivity contribution in [2.24, 2.45) is 0 Å². The quantitative estimate of drug-likeness (QED) is 0.198. The summed E-state index contributed by atoms with van der Waals surface area (Å²) in [6, 6.07) is 0. The van der Waals surface area contributed by atoms with E-state index in [0.717, 1.165) is 0 Å². The molecule has 0 amide bonds. The zero-order valence-electron chi connectivity index (χ0n) is 12.4. The molecule has 24 heavy (non-hydrogen) atoms. The lowest BCUT2D eigenvalue weighted by molar-refractivity contribution is -0.326. The molecule has 0 aromatic heterocycles. The van der Waals surface area contributed by atoms with Gasteiger partial charge in [0.2, 0.25) is 0 Å². The lowest BCUT2D eigenvalue weighted by Crippen LogP contribution is -2.61. The number of rotatable bonds is 8. The highest BCUT2D eigenvalue weighted by Crippen LogP contribution is 2.24. The molecular formula is C12H22O12. The van der Waals surface area contributed by atoms with E-state index in [9.17, 15) is 35.4 Å². The number of aliphatic hydroxyl groups is 8. The summed E-state index contributed by atoms with van der Waals surface area (Å²) in [5, 5.41) is 84.5. The number of aliphatic hydroxyl groups excluding tert-OH is 8. The van der Waals surface area contributed by atoms with Gasteiger partial charge < -0.3 is 55.4 Å². The van der Waals surface area contributed by atoms with Gasteiger partial charge in [-0.15, -0.1) is 0 Å². The zero-order chi connectivity index (χ0) is 18.6. The van der Waals surface area contributed by atoms with Crippen molar-refractivity contribution in [3.63, 3.8) is 0 Å². The van der Waals surface area contributed by atoms with Crippen molar-refractivity contribution >= 4 is 5.97 Å². The van der Waals surface area contributed by atoms with Crippen molar-refractivity contribution in [2.45, 2.75) is 55.1 Å². The Morgan fingerprint density at radius 1 is 1.04 bits per heavy atom. The van der Waals surface area contributed by atoms with Crippen LogP contribution in [0.4, 0.5) is 0 Å². The summed E-state index contributed by atoms with van der Waals surface area (Å²) in [6.07, 6.45) is -16.9. The first-order chi connectivity index (χ1) is 11.1. The van der Waals surface area contributed by atoms with E-state index in [4.69, 9.17) is 24.8 Å². The fraction of sp³-hybridized carbons (Fsp3) is 0.917. The first-order valence-electron chi connectivity index (χ1n) is 6.99. The van der Waals surface area contributed by atoms with Gasteiger partial charge in [0.1, 0.15) is 42.7 Å². The van der Waals surface area contributed by atoms with Gasteiger partial charge in [0, 0.05) is 0 Å². The standard InChI is InChI=1S/C12H22O12/c13-1-3(15)10(7(18)8(19)11(21)22)24-12-9(20)6(17)5(16)4(2-14)23-12/h3-10,12-20H,1-2H2,(H,21,22)/t3?,4?,5-,6?,7?,8-,9?,10+,12-/m0/s1. The third-order valence-corrected chi connectivity index (χ3v) is 3.62. The number of carboxylic acid groups (broad SMARTS) is 1. The Morgan fingerprint density at radius 3 is 2.08 bits per heavy atom. The van der Waals surface area contributed by atoms with E-state index < -0.39 is 74.3 Å². The Balaban J connectivity index is 2.94. The number of ether oxygens (including phenoxy) is 2. The second kappa shape index (κ2) is 8.96. The second-order valence-corrected chi connectivity index (χ2v) is 5.32. The van der Waals surface area contributed by atoms with Gasteiger partial charge in [0.15, 0.2) is 12.4 Å². The minimum absolute atomic E-state index is 0.766. The van der Waals surface area contributed by atoms with Crippen LogP contribution in [0.1, 0.15) is 0 Å². The minimum atomic E-state index is -2.39. The molecule has 0 bridgehead atoms. The average Bonchev–Trinajstić information content (AvgIpc) is 2.57. The first-order valence-corrected chi connectivity index (χ1v) is 6.99. The molecule has 0 radical (unpaired) electrons. The summed E-state index contributed by atoms with van der Waals surface area (Å²) in [6.45, 7) is -1.76. The van der Waals surface area contributed by atoms with E-state index in [1.807, 2.05) is 0 Å². The van der Waals surface area contributed by atoms with Crippen LogP contribution in [0.5, 0.6) is 0 Å². The third kappa shape index (κ3) is 4.58. The Morgan fingerprint density at radius 2 is 1.62 bits per heavy atom. The van der Waals surface area contributed by atoms with Crippen LogP contribution in [0.15, 0.2) is 0 Å². The van der Waals surface area contributed by atoms with Crippen LogP contribution in [0.3, 0.4) is 0 Å². The molecule has 5 unspecified atom stereocenters. The number of aliphatic carboxylic acids is 1. The molecule has 1 fully saturated rings. The molecule has 9 atom stereocenters. The van der Waals surface area contributed by atoms with Crippen molar-refractivity contribution in [3.05, 3.63) is 0 Å². The lowest BCUT2D eigenvalue weighted by atomic mass is 9.98. The topological polar surface area (TPSA) is 218 Å². The van der Waals surface area contributed by atoms with Gasteiger partial charge in [0.25, 0.3) is 0 Å². The van der Waals surface area contributed by atoms with E-state index in [1.54, 1.807) is 0 Å². The highest BCUT2D eigenvalue weighted by Gasteiger charge is 2.47. The highest BCUT2D eigenvalue weighted by molar-refractivity contribution is 5.72. The molecule has 0 spiro atoms. The fourth-order valence-corrected chi connectivity index (χ4v) is 2.16. The molecule has 1 aliphatic rings. The monoisotopic (exact) mass is 358 g/mol. The summed E-state index contributed by atoms with van der Waals surface area (Å²) >= 11 is 0. The number of carbonyl (C=O) groups is 1. The Hall–Kier alpha value is -0.930. The summed E-state index contributed by atoms with van der Waals surface area (Å²) in [5.41, 5.74) is 0. The molecular weight excluding hydrogens is 336 g/mol. The molecule has 0 aromatic carbocycles. The van der Waals surface area contributed by atoms with Crippen LogP contribution in [-0.2, 0) is 14.3 Å². The maximum Gasteiger partial charge on any atom is 0.335 e. The van der Waals surface area contributed by atoms with Gasteiger partial charge >= 0.3 is 5.97 Å². The van der Waals surface area contributed by atoms with Gasteiger partial charge in [-0.05, 0) is 0 Å². The first kappa shape index (κ1) is 21.1. The molecule has 1 heterocycles. The molecule has 1 saturated heterocycles. The predicted octanol–water partition coefficient (Wildman–Crippen LogP) is -5.67. The van der Waals surface area contributed by atoms with Gasteiger partial charge in [-0.1, -0.05) is 0 Å². The van der Waals surface area contributed by atoms with Crippen molar-refractivity contribution < 1.29 is 60.2 Å². The minimum Gasteiger partial charge on any atom is -0.479 e. The number of hydrogen-bond donors (Lipinski definition) is 9. The molecule has 0 aliphatic carbocycles. The SMILES string of the molecule is O=C(O)[C@@H](O)C(O)[C@H](O[C@@H]1OC(CO)[C@H](O)C(O)C1O)C(O)CO. The maximum atomic E-state index is 10.7. The second-order valence-electron chi connectivity index (χ2n) is 5.32. The average molecular weight is 358 g/mol. The molecule has 142 valence electrons. The Labute approximate surface area is 135 Å². The molecule has 9 N–H and O–H groups in total. The van der Waals surface area contributed by atoms with E-state index >= 15 is 0 Å². The van der Waals surface area contributed by atoms with Gasteiger partial charge in [-0.3, -0.25) is 0 Å². The predicted molar refractivity (Wildman–Crippen MR) is 71.4 cm³/mol. The van der Waals surface area contributed by atoms with Crippen molar-refractivity contribution in [2.75, 3.05) is 13.2 Å². The summed E-state index contributed by atoms with van der Waals surface area (Å²) < 4.78 is 9.98. The van der Waals surface area contributed by atoms with Gasteiger partial charge in [-0.2, -0.15) is 0 Å². The summed E-state index contributed by atoms with van der Waals surface area (Å²) in [5.74, 6) is -1.84. The van der Waals surface area contributed by atoms with E-state index in [-0.39, 0.29) is 0 Å². The van der Waals surface area contributed by atoms with Crippen molar-refractivity contribution in [3.8, 4) is 0 Å². The van der Waals surface area contributed by atoms with Crippen molar-refractivity contribution in [1.82, 2.24) is 0 Å². The van der Waals surface area contributed by atoms with E-state index in [0.29, 0.717) is 0 Å². The third-order valence-electron chi connectivity index (χ3n) is 3.62. The highest BCUT2D eigenvalue weighted by atomic mass is 16.7. The molecule has 0 saturated carbocycles. The van der Waals surface area contributed by atoms with Crippen LogP contribution < -0.4 is 0 Å². The fourth-order valence-electron chi connectivity index (χ4n) is 2.16. The molecule has 1 aliphatic heterocycles. The van der Waals surface area contributed by atoms with Crippen LogP contribution >= 0.6 is 0 Å². The van der Waals surface area contributed by atoms with E-state index in [1.165, 1.54) is 0 Å². The zero-order valence-corrected chi connectivity index (χ0v) is 12.4. The van der Waals surface area contributed by atoms with E-state index in [2.05, 4.69) is 0 Å². The largest absolute Gasteiger partial charge is 0.479 e. The lowest BCUT2D eigenvalue weighted by Gasteiger charge is -2.42. The maximum absolute atomic E-state index is 10.7. The van der Waals surface area contributed by atoms with Gasteiger partial charge in [-0.25, -0.2) is 4.79 Å². The summed E-state index contributed by atoms with van der Waals surface area (Å²) in [4.78, 5) is 10.7. The smallest absolute Gasteiger partial charge is 0.335 e. The molecule has 0 aromatic rings. The Kier molecular flexibility index (Phi) is 7.88.